The summed E-state index contributed by atoms with van der Waals surface area (Å²) in [7, 11) is 0. The fraction of sp³-hybridized carbons (Fsp3) is 0.577. The maximum absolute atomic E-state index is 12.1. The molecule has 0 saturated heterocycles. The second kappa shape index (κ2) is 14.7. The number of allylic oxidation sites excluding steroid dienone is 2. The third-order valence-corrected chi connectivity index (χ3v) is 11.7. The van der Waals surface area contributed by atoms with E-state index in [1.807, 2.05) is 0 Å². The Morgan fingerprint density at radius 3 is 1.00 bits per heavy atom. The normalized spacial score (nSPS) is 18.9. The van der Waals surface area contributed by atoms with Crippen molar-refractivity contribution in [3.8, 4) is 17.2 Å². The Kier molecular flexibility index (Phi) is 11.9. The predicted molar refractivity (Wildman–Crippen MR) is 238 cm³/mol. The van der Waals surface area contributed by atoms with Gasteiger partial charge in [-0.1, -0.05) is 186 Å². The molecule has 0 saturated carbocycles. The van der Waals surface area contributed by atoms with Gasteiger partial charge in [0.25, 0.3) is 0 Å². The van der Waals surface area contributed by atoms with Gasteiger partial charge in [-0.25, -0.2) is 0 Å². The fourth-order valence-corrected chi connectivity index (χ4v) is 8.36. The highest BCUT2D eigenvalue weighted by molar-refractivity contribution is 5.55. The largest absolute Gasteiger partial charge is 0.507 e. The highest BCUT2D eigenvalue weighted by Gasteiger charge is 2.37. The number of phenols is 3. The molecule has 3 aromatic carbocycles. The summed E-state index contributed by atoms with van der Waals surface area (Å²) < 4.78 is 0. The lowest BCUT2D eigenvalue weighted by Gasteiger charge is -2.38. The van der Waals surface area contributed by atoms with Crippen molar-refractivity contribution in [2.75, 3.05) is 0 Å². The van der Waals surface area contributed by atoms with Crippen LogP contribution in [0, 0.1) is 5.41 Å². The molecule has 56 heavy (non-hydrogen) atoms. The monoisotopic (exact) mass is 765 g/mol. The minimum atomic E-state index is -0.792. The third-order valence-electron chi connectivity index (χ3n) is 11.7. The van der Waals surface area contributed by atoms with Gasteiger partial charge in [-0.3, -0.25) is 0 Å². The summed E-state index contributed by atoms with van der Waals surface area (Å²) in [5.41, 5.74) is 8.84. The zero-order chi connectivity index (χ0) is 42.9. The van der Waals surface area contributed by atoms with Crippen LogP contribution in [0.1, 0.15) is 182 Å². The summed E-state index contributed by atoms with van der Waals surface area (Å²) in [5.74, 6) is 1.09. The molecule has 1 aliphatic carbocycles. The number of aliphatic hydroxyl groups is 1. The first kappa shape index (κ1) is 45.2. The van der Waals surface area contributed by atoms with Gasteiger partial charge < -0.3 is 20.4 Å². The van der Waals surface area contributed by atoms with Gasteiger partial charge in [-0.2, -0.15) is 0 Å². The molecule has 0 radical (unpaired) electrons. The molecule has 4 rings (SSSR count). The summed E-state index contributed by atoms with van der Waals surface area (Å²) in [5, 5.41) is 46.8. The smallest absolute Gasteiger partial charge is 0.123 e. The van der Waals surface area contributed by atoms with E-state index in [2.05, 4.69) is 180 Å². The van der Waals surface area contributed by atoms with Crippen LogP contribution in [0.15, 0.2) is 59.7 Å². The van der Waals surface area contributed by atoms with E-state index in [4.69, 9.17) is 0 Å². The second-order valence-electron chi connectivity index (χ2n) is 23.4. The zero-order valence-electron chi connectivity index (χ0n) is 38.6. The number of aliphatic hydroxyl groups excluding tert-OH is 1. The average Bonchev–Trinajstić information content (AvgIpc) is 2.98. The highest BCUT2D eigenvalue weighted by Crippen LogP contribution is 2.47. The predicted octanol–water partition coefficient (Wildman–Crippen LogP) is 12.8. The SMILES string of the molecule is CC1(Cc2cc(C(C)(C)C)c(O)c(C(C)(C)C)c2)C=C(Cc2cc(C(C)(C)C)c(O)c(C(C)(C)C)c2)C(O)C=C1Cc1cc(C(C)(C)C)c(O)c(C(C)(C)C)c1. The van der Waals surface area contributed by atoms with Crippen molar-refractivity contribution in [1.82, 2.24) is 0 Å². The number of phenolic OH excluding ortho intramolecular Hbond substituents is 3. The molecule has 1 aliphatic rings. The maximum atomic E-state index is 12.1. The minimum absolute atomic E-state index is 0.266. The molecule has 4 nitrogen and oxygen atoms in total. The summed E-state index contributed by atoms with van der Waals surface area (Å²) in [4.78, 5) is 0. The van der Waals surface area contributed by atoms with Crippen LogP contribution in [-0.4, -0.2) is 26.5 Å². The Morgan fingerprint density at radius 2 is 0.714 bits per heavy atom. The summed E-state index contributed by atoms with van der Waals surface area (Å²) in [6.07, 6.45) is 5.42. The lowest BCUT2D eigenvalue weighted by molar-refractivity contribution is 0.244. The van der Waals surface area contributed by atoms with Crippen molar-refractivity contribution in [1.29, 1.82) is 0 Å². The highest BCUT2D eigenvalue weighted by atomic mass is 16.3. The Labute approximate surface area is 341 Å². The molecule has 3 aromatic rings. The van der Waals surface area contributed by atoms with Crippen molar-refractivity contribution < 1.29 is 20.4 Å². The van der Waals surface area contributed by atoms with Crippen LogP contribution in [0.25, 0.3) is 0 Å². The quantitative estimate of drug-likeness (QED) is 0.188. The van der Waals surface area contributed by atoms with Gasteiger partial charge >= 0.3 is 0 Å². The van der Waals surface area contributed by atoms with Gasteiger partial charge in [0.2, 0.25) is 0 Å². The third kappa shape index (κ3) is 9.78. The number of aromatic hydroxyl groups is 3. The molecule has 2 unspecified atom stereocenters. The number of hydrogen-bond donors (Lipinski definition) is 4. The second-order valence-corrected chi connectivity index (χ2v) is 23.4. The van der Waals surface area contributed by atoms with Crippen LogP contribution in [0.2, 0.25) is 0 Å². The van der Waals surface area contributed by atoms with E-state index in [1.54, 1.807) is 0 Å². The Balaban J connectivity index is 1.98. The van der Waals surface area contributed by atoms with Gasteiger partial charge in [0.05, 0.1) is 6.10 Å². The lowest BCUT2D eigenvalue weighted by atomic mass is 9.67. The Morgan fingerprint density at radius 1 is 0.446 bits per heavy atom. The molecular weight excluding hydrogens is 689 g/mol. The molecule has 308 valence electrons. The minimum Gasteiger partial charge on any atom is -0.507 e. The van der Waals surface area contributed by atoms with E-state index in [0.29, 0.717) is 36.5 Å². The first-order valence-electron chi connectivity index (χ1n) is 20.8. The van der Waals surface area contributed by atoms with E-state index >= 15 is 0 Å². The average molecular weight is 765 g/mol. The van der Waals surface area contributed by atoms with E-state index < -0.39 is 11.5 Å². The first-order chi connectivity index (χ1) is 25.0. The van der Waals surface area contributed by atoms with Crippen LogP contribution in [0.4, 0.5) is 0 Å². The molecule has 0 fully saturated rings. The first-order valence-corrected chi connectivity index (χ1v) is 20.8. The van der Waals surface area contributed by atoms with Gasteiger partial charge in [0, 0.05) is 5.41 Å². The van der Waals surface area contributed by atoms with Crippen LogP contribution in [0.3, 0.4) is 0 Å². The Hall–Kier alpha value is -3.50. The van der Waals surface area contributed by atoms with E-state index in [0.717, 1.165) is 61.2 Å². The molecule has 2 atom stereocenters. The number of benzene rings is 3. The van der Waals surface area contributed by atoms with Gasteiger partial charge in [-0.05, 0) is 107 Å². The van der Waals surface area contributed by atoms with Crippen molar-refractivity contribution in [3.05, 3.63) is 110 Å². The van der Waals surface area contributed by atoms with Gasteiger partial charge in [0.1, 0.15) is 17.2 Å². The summed E-state index contributed by atoms with van der Waals surface area (Å²) in [6, 6.07) is 12.9. The van der Waals surface area contributed by atoms with Crippen molar-refractivity contribution in [2.45, 2.75) is 189 Å². The van der Waals surface area contributed by atoms with Crippen molar-refractivity contribution in [3.63, 3.8) is 0 Å². The van der Waals surface area contributed by atoms with Crippen molar-refractivity contribution in [2.24, 2.45) is 5.41 Å². The topological polar surface area (TPSA) is 80.9 Å². The standard InChI is InChI=1S/C52H76O4/c1-46(2,3)36-22-31(23-37(43(36)54)47(4,5)6)20-34-30-52(19,29-33-26-40(50(13,14)15)45(56)41(27-33)51(16,17)18)35(28-42(34)53)21-32-24-38(48(7,8)9)44(55)39(25-32)49(10,11)12/h22-28,30,42,53-56H,20-21,29H2,1-19H3. The van der Waals surface area contributed by atoms with Gasteiger partial charge in [0.15, 0.2) is 0 Å². The molecular formula is C52H76O4. The lowest BCUT2D eigenvalue weighted by Crippen LogP contribution is -2.30. The number of hydrogen-bond acceptors (Lipinski definition) is 4. The molecule has 0 aliphatic heterocycles. The van der Waals surface area contributed by atoms with Crippen LogP contribution in [-0.2, 0) is 51.8 Å². The van der Waals surface area contributed by atoms with E-state index in [-0.39, 0.29) is 32.5 Å². The molecule has 4 N–H and O–H groups in total. The van der Waals surface area contributed by atoms with Crippen LogP contribution >= 0.6 is 0 Å². The fourth-order valence-electron chi connectivity index (χ4n) is 8.36. The van der Waals surface area contributed by atoms with E-state index in [9.17, 15) is 20.4 Å². The van der Waals surface area contributed by atoms with E-state index in [1.165, 1.54) is 0 Å². The maximum Gasteiger partial charge on any atom is 0.123 e. The number of rotatable bonds is 6. The Bertz CT molecular complexity index is 1910. The van der Waals surface area contributed by atoms with Crippen molar-refractivity contribution >= 4 is 0 Å². The molecule has 0 amide bonds. The van der Waals surface area contributed by atoms with Crippen LogP contribution in [0.5, 0.6) is 17.2 Å². The molecule has 4 heteroatoms. The molecule has 0 bridgehead atoms. The zero-order valence-corrected chi connectivity index (χ0v) is 38.6. The van der Waals surface area contributed by atoms with Gasteiger partial charge in [-0.15, -0.1) is 0 Å². The molecule has 0 spiro atoms. The molecule has 0 aromatic heterocycles. The summed E-state index contributed by atoms with van der Waals surface area (Å²) in [6.45, 7) is 40.9. The summed E-state index contributed by atoms with van der Waals surface area (Å²) >= 11 is 0. The molecule has 0 heterocycles. The van der Waals surface area contributed by atoms with Crippen LogP contribution < -0.4 is 0 Å².